The van der Waals surface area contributed by atoms with Crippen molar-refractivity contribution < 1.29 is 4.74 Å². The Balaban J connectivity index is 1.69. The first-order valence-electron chi connectivity index (χ1n) is 11.7. The van der Waals surface area contributed by atoms with Gasteiger partial charge >= 0.3 is 0 Å². The molecular weight excluding hydrogens is 414 g/mol. The SMILES string of the molecule is Cc1ccc2c(c1)C1(c3ccccc3Oc3ccccc31)c1ccccc1N2c1ccccc1. The van der Waals surface area contributed by atoms with Crippen molar-refractivity contribution in [1.29, 1.82) is 0 Å². The Morgan fingerprint density at radius 3 is 1.79 bits per heavy atom. The van der Waals surface area contributed by atoms with Crippen molar-refractivity contribution in [2.45, 2.75) is 12.3 Å². The largest absolute Gasteiger partial charge is 0.457 e. The molecule has 5 aromatic rings. The number of benzene rings is 5. The quantitative estimate of drug-likeness (QED) is 0.256. The van der Waals surface area contributed by atoms with Gasteiger partial charge in [-0.05, 0) is 54.4 Å². The number of anilines is 3. The Kier molecular flexibility index (Phi) is 4.01. The van der Waals surface area contributed by atoms with Crippen LogP contribution in [0, 0.1) is 6.92 Å². The number of hydrogen-bond donors (Lipinski definition) is 0. The Bertz CT molecular complexity index is 1510. The van der Waals surface area contributed by atoms with Crippen molar-refractivity contribution in [1.82, 2.24) is 0 Å². The summed E-state index contributed by atoms with van der Waals surface area (Å²) in [5, 5.41) is 0. The Labute approximate surface area is 199 Å². The second-order valence-corrected chi connectivity index (χ2v) is 9.05. The third-order valence-electron chi connectivity index (χ3n) is 7.16. The Morgan fingerprint density at radius 2 is 1.09 bits per heavy atom. The van der Waals surface area contributed by atoms with E-state index < -0.39 is 5.41 Å². The summed E-state index contributed by atoms with van der Waals surface area (Å²) in [4.78, 5) is 2.40. The molecule has 2 aliphatic rings. The monoisotopic (exact) mass is 437 g/mol. The fourth-order valence-electron chi connectivity index (χ4n) is 5.84. The van der Waals surface area contributed by atoms with E-state index >= 15 is 0 Å². The van der Waals surface area contributed by atoms with E-state index in [9.17, 15) is 0 Å². The maximum Gasteiger partial charge on any atom is 0.132 e. The molecule has 2 heterocycles. The predicted octanol–water partition coefficient (Wildman–Crippen LogP) is 8.27. The standard InChI is InChI=1S/C32H23NO/c1-22-19-20-29-27(21-22)32(24-13-5-8-16-28(24)33(29)23-11-3-2-4-12-23)25-14-6-9-17-30(25)34-31-18-10-7-15-26(31)32/h2-21H,1H3. The van der Waals surface area contributed by atoms with Crippen LogP contribution in [0.4, 0.5) is 17.1 Å². The van der Waals surface area contributed by atoms with Crippen LogP contribution in [0.15, 0.2) is 121 Å². The van der Waals surface area contributed by atoms with Crippen LogP contribution in [0.5, 0.6) is 11.5 Å². The lowest BCUT2D eigenvalue weighted by Crippen LogP contribution is -2.39. The minimum Gasteiger partial charge on any atom is -0.457 e. The lowest BCUT2D eigenvalue weighted by atomic mass is 9.61. The molecule has 0 saturated heterocycles. The minimum atomic E-state index is -0.478. The van der Waals surface area contributed by atoms with Gasteiger partial charge in [-0.25, -0.2) is 0 Å². The van der Waals surface area contributed by atoms with Crippen molar-refractivity contribution >= 4 is 17.1 Å². The van der Waals surface area contributed by atoms with E-state index in [0.29, 0.717) is 0 Å². The van der Waals surface area contributed by atoms with E-state index in [0.717, 1.165) is 17.2 Å². The Hall–Kier alpha value is -4.30. The highest BCUT2D eigenvalue weighted by Crippen LogP contribution is 2.62. The van der Waals surface area contributed by atoms with Gasteiger partial charge in [0.1, 0.15) is 11.5 Å². The second kappa shape index (κ2) is 7.10. The van der Waals surface area contributed by atoms with E-state index in [1.807, 2.05) is 0 Å². The molecule has 0 aromatic heterocycles. The summed E-state index contributed by atoms with van der Waals surface area (Å²) >= 11 is 0. The fourth-order valence-corrected chi connectivity index (χ4v) is 5.84. The minimum absolute atomic E-state index is 0.478. The van der Waals surface area contributed by atoms with Crippen molar-refractivity contribution in [3.63, 3.8) is 0 Å². The zero-order valence-electron chi connectivity index (χ0n) is 18.9. The normalized spacial score (nSPS) is 14.4. The van der Waals surface area contributed by atoms with Gasteiger partial charge in [0, 0.05) is 16.8 Å². The molecule has 0 unspecified atom stereocenters. The van der Waals surface area contributed by atoms with Gasteiger partial charge in [-0.1, -0.05) is 90.5 Å². The molecule has 0 bridgehead atoms. The number of hydrogen-bond acceptors (Lipinski definition) is 2. The molecule has 0 saturated carbocycles. The molecule has 7 rings (SSSR count). The molecule has 0 amide bonds. The molecular formula is C32H23NO. The van der Waals surface area contributed by atoms with Gasteiger partial charge in [-0.2, -0.15) is 0 Å². The van der Waals surface area contributed by atoms with Gasteiger partial charge in [0.15, 0.2) is 0 Å². The number of ether oxygens (including phenoxy) is 1. The molecule has 162 valence electrons. The molecule has 0 fully saturated rings. The summed E-state index contributed by atoms with van der Waals surface area (Å²) in [5.41, 5.74) is 9.21. The van der Waals surface area contributed by atoms with E-state index in [1.165, 1.54) is 39.2 Å². The molecule has 0 aliphatic carbocycles. The van der Waals surface area contributed by atoms with Crippen LogP contribution in [-0.4, -0.2) is 0 Å². The highest BCUT2D eigenvalue weighted by Gasteiger charge is 2.51. The lowest BCUT2D eigenvalue weighted by molar-refractivity contribution is 0.434. The van der Waals surface area contributed by atoms with Crippen molar-refractivity contribution in [3.8, 4) is 11.5 Å². The summed E-state index contributed by atoms with van der Waals surface area (Å²) < 4.78 is 6.46. The average Bonchev–Trinajstić information content (AvgIpc) is 2.89. The van der Waals surface area contributed by atoms with Gasteiger partial charge in [0.25, 0.3) is 0 Å². The Morgan fingerprint density at radius 1 is 0.529 bits per heavy atom. The first kappa shape index (κ1) is 19.2. The van der Waals surface area contributed by atoms with E-state index in [-0.39, 0.29) is 0 Å². The number of rotatable bonds is 1. The number of fused-ring (bicyclic) bond motifs is 8. The predicted molar refractivity (Wildman–Crippen MR) is 138 cm³/mol. The van der Waals surface area contributed by atoms with Crippen molar-refractivity contribution in [2.75, 3.05) is 4.90 Å². The van der Waals surface area contributed by atoms with Crippen LogP contribution < -0.4 is 9.64 Å². The topological polar surface area (TPSA) is 12.5 Å². The summed E-state index contributed by atoms with van der Waals surface area (Å²) in [6.07, 6.45) is 0. The summed E-state index contributed by atoms with van der Waals surface area (Å²) in [6, 6.07) is 43.3. The van der Waals surface area contributed by atoms with Gasteiger partial charge in [-0.15, -0.1) is 0 Å². The second-order valence-electron chi connectivity index (χ2n) is 9.05. The van der Waals surface area contributed by atoms with Crippen LogP contribution >= 0.6 is 0 Å². The molecule has 2 heteroatoms. The third-order valence-corrected chi connectivity index (χ3v) is 7.16. The van der Waals surface area contributed by atoms with Crippen LogP contribution in [0.25, 0.3) is 0 Å². The van der Waals surface area contributed by atoms with Crippen LogP contribution in [0.2, 0.25) is 0 Å². The first-order valence-corrected chi connectivity index (χ1v) is 11.7. The zero-order valence-corrected chi connectivity index (χ0v) is 18.9. The van der Waals surface area contributed by atoms with E-state index in [1.54, 1.807) is 0 Å². The third kappa shape index (κ3) is 2.45. The molecule has 1 spiro atoms. The fraction of sp³-hybridized carbons (Fsp3) is 0.0625. The zero-order chi connectivity index (χ0) is 22.7. The molecule has 5 aromatic carbocycles. The van der Waals surface area contributed by atoms with Crippen LogP contribution in [-0.2, 0) is 5.41 Å². The maximum atomic E-state index is 6.46. The smallest absolute Gasteiger partial charge is 0.132 e. The van der Waals surface area contributed by atoms with Crippen LogP contribution in [0.1, 0.15) is 27.8 Å². The maximum absolute atomic E-state index is 6.46. The van der Waals surface area contributed by atoms with Crippen molar-refractivity contribution in [2.24, 2.45) is 0 Å². The van der Waals surface area contributed by atoms with Gasteiger partial charge < -0.3 is 9.64 Å². The molecule has 2 nitrogen and oxygen atoms in total. The van der Waals surface area contributed by atoms with E-state index in [2.05, 4.69) is 133 Å². The van der Waals surface area contributed by atoms with Crippen LogP contribution in [0.3, 0.4) is 0 Å². The van der Waals surface area contributed by atoms with E-state index in [4.69, 9.17) is 4.74 Å². The molecule has 0 atom stereocenters. The number of aryl methyl sites for hydroxylation is 1. The number of nitrogens with zero attached hydrogens (tertiary/aromatic N) is 1. The average molecular weight is 438 g/mol. The molecule has 0 radical (unpaired) electrons. The van der Waals surface area contributed by atoms with Gasteiger partial charge in [-0.3, -0.25) is 0 Å². The highest BCUT2D eigenvalue weighted by atomic mass is 16.5. The molecule has 0 N–H and O–H groups in total. The van der Waals surface area contributed by atoms with Crippen molar-refractivity contribution in [3.05, 3.63) is 149 Å². The first-order chi connectivity index (χ1) is 16.8. The highest BCUT2D eigenvalue weighted by molar-refractivity contribution is 5.90. The number of para-hydroxylation sites is 4. The van der Waals surface area contributed by atoms with Gasteiger partial charge in [0.05, 0.1) is 16.8 Å². The summed E-state index contributed by atoms with van der Waals surface area (Å²) in [7, 11) is 0. The molecule has 2 aliphatic heterocycles. The van der Waals surface area contributed by atoms with Gasteiger partial charge in [0.2, 0.25) is 0 Å². The lowest BCUT2D eigenvalue weighted by Gasteiger charge is -2.48. The summed E-state index contributed by atoms with van der Waals surface area (Å²) in [5.74, 6) is 1.83. The summed E-state index contributed by atoms with van der Waals surface area (Å²) in [6.45, 7) is 2.18. The molecule has 34 heavy (non-hydrogen) atoms.